The summed E-state index contributed by atoms with van der Waals surface area (Å²) in [6, 6.07) is 0.170. The van der Waals surface area contributed by atoms with Gasteiger partial charge in [-0.25, -0.2) is 9.97 Å². The van der Waals surface area contributed by atoms with Crippen molar-refractivity contribution < 1.29 is 14.3 Å². The molecule has 8 heteroatoms. The van der Waals surface area contributed by atoms with Crippen LogP contribution in [-0.4, -0.2) is 40.2 Å². The van der Waals surface area contributed by atoms with E-state index in [1.54, 1.807) is 11.3 Å². The molecule has 1 aliphatic rings. The minimum Gasteiger partial charge on any atom is -0.455 e. The zero-order valence-electron chi connectivity index (χ0n) is 16.8. The number of thioether (sulfide) groups is 1. The zero-order chi connectivity index (χ0) is 20.3. The Morgan fingerprint density at radius 2 is 2.07 bits per heavy atom. The van der Waals surface area contributed by atoms with Crippen molar-refractivity contribution in [3.05, 3.63) is 16.8 Å². The van der Waals surface area contributed by atoms with Crippen molar-refractivity contribution in [2.24, 2.45) is 11.8 Å². The van der Waals surface area contributed by atoms with E-state index in [1.165, 1.54) is 29.4 Å². The van der Waals surface area contributed by atoms with E-state index in [0.717, 1.165) is 33.6 Å². The van der Waals surface area contributed by atoms with Crippen LogP contribution in [0.2, 0.25) is 0 Å². The minimum absolute atomic E-state index is 0.116. The number of carbonyl (C=O) groups is 2. The molecule has 3 atom stereocenters. The number of nitrogens with one attached hydrogen (secondary N) is 1. The highest BCUT2D eigenvalue weighted by atomic mass is 32.2. The van der Waals surface area contributed by atoms with Gasteiger partial charge in [0.2, 0.25) is 0 Å². The molecule has 28 heavy (non-hydrogen) atoms. The van der Waals surface area contributed by atoms with E-state index in [1.807, 2.05) is 6.92 Å². The Hall–Kier alpha value is -1.67. The molecule has 0 radical (unpaired) electrons. The molecule has 3 rings (SSSR count). The number of rotatable bonds is 6. The van der Waals surface area contributed by atoms with Crippen molar-refractivity contribution >= 4 is 45.2 Å². The number of thiophene rings is 1. The second-order valence-corrected chi connectivity index (χ2v) is 9.70. The molecule has 6 nitrogen and oxygen atoms in total. The summed E-state index contributed by atoms with van der Waals surface area (Å²) < 4.78 is 5.16. The molecule has 1 fully saturated rings. The predicted octanol–water partition coefficient (Wildman–Crippen LogP) is 3.88. The first-order valence-corrected chi connectivity index (χ1v) is 11.5. The smallest absolute Gasteiger partial charge is 0.316 e. The first kappa shape index (κ1) is 21.0. The SMILES string of the molecule is Cc1sc2ncnc(SCC(=O)OCC(=O)N[C@H]3CCC[C@H](C)[C@@H]3C)c2c1C. The highest BCUT2D eigenvalue weighted by molar-refractivity contribution is 8.00. The normalized spacial score (nSPS) is 22.2. The molecule has 1 saturated carbocycles. The number of hydrogen-bond acceptors (Lipinski definition) is 7. The van der Waals surface area contributed by atoms with Crippen LogP contribution in [0.4, 0.5) is 0 Å². The van der Waals surface area contributed by atoms with Gasteiger partial charge in [-0.3, -0.25) is 9.59 Å². The van der Waals surface area contributed by atoms with Gasteiger partial charge in [0, 0.05) is 16.3 Å². The first-order chi connectivity index (χ1) is 13.4. The molecule has 2 aromatic rings. The lowest BCUT2D eigenvalue weighted by Gasteiger charge is -2.34. The standard InChI is InChI=1S/C20H27N3O3S2/c1-11-6-5-7-15(12(11)2)23-16(24)8-26-17(25)9-27-19-18-13(3)14(4)28-20(18)22-10-21-19/h10-12,15H,5-9H2,1-4H3,(H,23,24)/t11-,12-,15-/m0/s1. The Bertz CT molecular complexity index is 868. The van der Waals surface area contributed by atoms with E-state index in [0.29, 0.717) is 11.8 Å². The number of amides is 1. The summed E-state index contributed by atoms with van der Waals surface area (Å²) in [6.07, 6.45) is 4.84. The van der Waals surface area contributed by atoms with Gasteiger partial charge >= 0.3 is 5.97 Å². The van der Waals surface area contributed by atoms with Crippen LogP contribution in [0.25, 0.3) is 10.2 Å². The third kappa shape index (κ3) is 4.84. The van der Waals surface area contributed by atoms with Crippen LogP contribution in [0.1, 0.15) is 43.6 Å². The lowest BCUT2D eigenvalue weighted by Crippen LogP contribution is -2.45. The molecule has 1 aliphatic carbocycles. The van der Waals surface area contributed by atoms with Gasteiger partial charge in [0.05, 0.1) is 5.75 Å². The summed E-state index contributed by atoms with van der Waals surface area (Å²) in [4.78, 5) is 35.0. The molecule has 2 heterocycles. The number of esters is 1. The monoisotopic (exact) mass is 421 g/mol. The topological polar surface area (TPSA) is 81.2 Å². The largest absolute Gasteiger partial charge is 0.455 e. The number of nitrogens with zero attached hydrogens (tertiary/aromatic N) is 2. The van der Waals surface area contributed by atoms with Crippen LogP contribution in [-0.2, 0) is 14.3 Å². The Morgan fingerprint density at radius 3 is 2.86 bits per heavy atom. The highest BCUT2D eigenvalue weighted by Crippen LogP contribution is 2.34. The van der Waals surface area contributed by atoms with Gasteiger partial charge in [0.1, 0.15) is 16.2 Å². The Morgan fingerprint density at radius 1 is 1.29 bits per heavy atom. The summed E-state index contributed by atoms with van der Waals surface area (Å²) in [6.45, 7) is 8.26. The van der Waals surface area contributed by atoms with Crippen molar-refractivity contribution in [3.63, 3.8) is 0 Å². The summed E-state index contributed by atoms with van der Waals surface area (Å²) in [5.74, 6) is 0.526. The number of fused-ring (bicyclic) bond motifs is 1. The zero-order valence-corrected chi connectivity index (χ0v) is 18.4. The van der Waals surface area contributed by atoms with E-state index in [4.69, 9.17) is 4.74 Å². The van der Waals surface area contributed by atoms with Crippen LogP contribution in [0, 0.1) is 25.7 Å². The van der Waals surface area contributed by atoms with Crippen LogP contribution >= 0.6 is 23.1 Å². The van der Waals surface area contributed by atoms with Crippen LogP contribution in [0.3, 0.4) is 0 Å². The molecule has 0 aromatic carbocycles. The van der Waals surface area contributed by atoms with E-state index in [9.17, 15) is 9.59 Å². The molecular weight excluding hydrogens is 394 g/mol. The molecule has 1 N–H and O–H groups in total. The summed E-state index contributed by atoms with van der Waals surface area (Å²) in [5.41, 5.74) is 1.15. The molecule has 0 spiro atoms. The molecule has 0 aliphatic heterocycles. The number of carbonyl (C=O) groups excluding carboxylic acids is 2. The molecule has 0 unspecified atom stereocenters. The van der Waals surface area contributed by atoms with Crippen LogP contribution in [0.15, 0.2) is 11.4 Å². The lowest BCUT2D eigenvalue weighted by molar-refractivity contribution is -0.146. The first-order valence-electron chi connectivity index (χ1n) is 9.65. The number of aryl methyl sites for hydroxylation is 2. The summed E-state index contributed by atoms with van der Waals surface area (Å²) in [7, 11) is 0. The van der Waals surface area contributed by atoms with Crippen molar-refractivity contribution in [2.75, 3.05) is 12.4 Å². The van der Waals surface area contributed by atoms with Gasteiger partial charge in [0.25, 0.3) is 5.91 Å². The van der Waals surface area contributed by atoms with Crippen molar-refractivity contribution in [2.45, 2.75) is 58.0 Å². The second kappa shape index (κ2) is 9.22. The van der Waals surface area contributed by atoms with Gasteiger partial charge in [-0.15, -0.1) is 11.3 Å². The van der Waals surface area contributed by atoms with E-state index in [-0.39, 0.29) is 24.3 Å². The van der Waals surface area contributed by atoms with Gasteiger partial charge in [-0.1, -0.05) is 38.5 Å². The highest BCUT2D eigenvalue weighted by Gasteiger charge is 2.28. The van der Waals surface area contributed by atoms with Crippen molar-refractivity contribution in [1.29, 1.82) is 0 Å². The molecule has 1 amide bonds. The molecule has 2 aromatic heterocycles. The van der Waals surface area contributed by atoms with Gasteiger partial charge in [-0.2, -0.15) is 0 Å². The lowest BCUT2D eigenvalue weighted by atomic mass is 9.78. The summed E-state index contributed by atoms with van der Waals surface area (Å²) in [5, 5.41) is 4.80. The number of hydrogen-bond donors (Lipinski definition) is 1. The van der Waals surface area contributed by atoms with Crippen LogP contribution in [0.5, 0.6) is 0 Å². The molecule has 0 saturated heterocycles. The summed E-state index contributed by atoms with van der Waals surface area (Å²) >= 11 is 2.95. The maximum atomic E-state index is 12.2. The van der Waals surface area contributed by atoms with E-state index >= 15 is 0 Å². The molecule has 0 bridgehead atoms. The minimum atomic E-state index is -0.415. The van der Waals surface area contributed by atoms with Gasteiger partial charge in [-0.05, 0) is 37.7 Å². The third-order valence-electron chi connectivity index (χ3n) is 5.67. The van der Waals surface area contributed by atoms with Gasteiger partial charge < -0.3 is 10.1 Å². The fourth-order valence-corrected chi connectivity index (χ4v) is 5.52. The quantitative estimate of drug-likeness (QED) is 0.433. The molecular formula is C20H27N3O3S2. The van der Waals surface area contributed by atoms with Crippen molar-refractivity contribution in [1.82, 2.24) is 15.3 Å². The van der Waals surface area contributed by atoms with Gasteiger partial charge in [0.15, 0.2) is 6.61 Å². The maximum Gasteiger partial charge on any atom is 0.316 e. The Kier molecular flexibility index (Phi) is 6.93. The maximum absolute atomic E-state index is 12.2. The fraction of sp³-hybridized carbons (Fsp3) is 0.600. The number of aromatic nitrogens is 2. The molecule has 152 valence electrons. The Labute approximate surface area is 173 Å². The average Bonchev–Trinajstić information content (AvgIpc) is 2.96. The second-order valence-electron chi connectivity index (χ2n) is 7.53. The Balaban J connectivity index is 1.48. The van der Waals surface area contributed by atoms with Crippen molar-refractivity contribution in [3.8, 4) is 0 Å². The number of ether oxygens (including phenoxy) is 1. The third-order valence-corrected chi connectivity index (χ3v) is 7.75. The average molecular weight is 422 g/mol. The van der Waals surface area contributed by atoms with E-state index < -0.39 is 5.97 Å². The fourth-order valence-electron chi connectivity index (χ4n) is 3.61. The predicted molar refractivity (Wildman–Crippen MR) is 113 cm³/mol. The van der Waals surface area contributed by atoms with Crippen LogP contribution < -0.4 is 5.32 Å². The van der Waals surface area contributed by atoms with E-state index in [2.05, 4.69) is 36.1 Å².